The second-order valence-corrected chi connectivity index (χ2v) is 4.07. The van der Waals surface area contributed by atoms with Crippen LogP contribution in [0.15, 0.2) is 41.7 Å². The predicted octanol–water partition coefficient (Wildman–Crippen LogP) is 1.67. The van der Waals surface area contributed by atoms with Gasteiger partial charge in [0.25, 0.3) is 0 Å². The van der Waals surface area contributed by atoms with E-state index >= 15 is 0 Å². The van der Waals surface area contributed by atoms with E-state index in [1.807, 2.05) is 38.4 Å². The first-order chi connectivity index (χ1) is 7.68. The minimum absolute atomic E-state index is 0.0267. The van der Waals surface area contributed by atoms with Crippen molar-refractivity contribution in [2.24, 2.45) is 0 Å². The Morgan fingerprint density at radius 3 is 2.75 bits per heavy atom. The highest BCUT2D eigenvalue weighted by molar-refractivity contribution is 5.09. The first-order valence-electron chi connectivity index (χ1n) is 5.34. The van der Waals surface area contributed by atoms with Gasteiger partial charge in [-0.2, -0.15) is 0 Å². The van der Waals surface area contributed by atoms with Gasteiger partial charge in [-0.15, -0.1) is 0 Å². The third-order valence-corrected chi connectivity index (χ3v) is 2.51. The molecule has 0 atom stereocenters. The molecule has 4 heteroatoms. The van der Waals surface area contributed by atoms with Crippen molar-refractivity contribution < 1.29 is 0 Å². The summed E-state index contributed by atoms with van der Waals surface area (Å²) in [6.45, 7) is 4.57. The lowest BCUT2D eigenvalue weighted by molar-refractivity contribution is 0.561. The minimum atomic E-state index is 0.0267. The van der Waals surface area contributed by atoms with E-state index < -0.39 is 0 Å². The molecule has 4 nitrogen and oxygen atoms in total. The van der Waals surface area contributed by atoms with Crippen molar-refractivity contribution in [3.05, 3.63) is 53.0 Å². The van der Waals surface area contributed by atoms with E-state index in [-0.39, 0.29) is 11.7 Å². The van der Waals surface area contributed by atoms with Gasteiger partial charge >= 0.3 is 5.69 Å². The van der Waals surface area contributed by atoms with Crippen LogP contribution in [0.4, 0.5) is 0 Å². The van der Waals surface area contributed by atoms with E-state index in [0.29, 0.717) is 6.54 Å². The largest absolute Gasteiger partial charge is 0.328 e. The summed E-state index contributed by atoms with van der Waals surface area (Å²) in [6.07, 6.45) is 7.14. The normalized spacial score (nSPS) is 10.9. The number of hydrogen-bond donors (Lipinski definition) is 0. The van der Waals surface area contributed by atoms with Crippen molar-refractivity contribution in [2.45, 2.75) is 26.4 Å². The summed E-state index contributed by atoms with van der Waals surface area (Å²) in [5, 5.41) is 0. The van der Waals surface area contributed by atoms with Gasteiger partial charge in [-0.1, -0.05) is 6.07 Å². The molecule has 0 aromatic carbocycles. The summed E-state index contributed by atoms with van der Waals surface area (Å²) < 4.78 is 3.41. The first-order valence-corrected chi connectivity index (χ1v) is 5.34. The number of imidazole rings is 1. The van der Waals surface area contributed by atoms with Crippen molar-refractivity contribution in [1.29, 1.82) is 0 Å². The van der Waals surface area contributed by atoms with Crippen LogP contribution < -0.4 is 5.69 Å². The van der Waals surface area contributed by atoms with E-state index in [0.717, 1.165) is 5.56 Å². The molecule has 0 saturated heterocycles. The lowest BCUT2D eigenvalue weighted by atomic mass is 10.3. The van der Waals surface area contributed by atoms with Crippen LogP contribution in [-0.4, -0.2) is 14.1 Å². The molecule has 0 N–H and O–H groups in total. The summed E-state index contributed by atoms with van der Waals surface area (Å²) in [5.41, 5.74) is 1.06. The van der Waals surface area contributed by atoms with Crippen LogP contribution >= 0.6 is 0 Å². The fourth-order valence-electron chi connectivity index (χ4n) is 1.63. The Morgan fingerprint density at radius 1 is 1.38 bits per heavy atom. The van der Waals surface area contributed by atoms with Crippen molar-refractivity contribution in [2.75, 3.05) is 0 Å². The molecule has 84 valence electrons. The second-order valence-electron chi connectivity index (χ2n) is 4.07. The predicted molar refractivity (Wildman–Crippen MR) is 62.4 cm³/mol. The minimum Gasteiger partial charge on any atom is -0.297 e. The summed E-state index contributed by atoms with van der Waals surface area (Å²) >= 11 is 0. The highest BCUT2D eigenvalue weighted by atomic mass is 16.1. The van der Waals surface area contributed by atoms with Gasteiger partial charge in [0.2, 0.25) is 0 Å². The highest BCUT2D eigenvalue weighted by Crippen LogP contribution is 2.02. The van der Waals surface area contributed by atoms with Gasteiger partial charge in [0.05, 0.1) is 6.54 Å². The van der Waals surface area contributed by atoms with Gasteiger partial charge in [0.1, 0.15) is 0 Å². The van der Waals surface area contributed by atoms with Crippen LogP contribution in [0, 0.1) is 0 Å². The molecule has 0 bridgehead atoms. The van der Waals surface area contributed by atoms with E-state index in [2.05, 4.69) is 4.98 Å². The molecule has 0 amide bonds. The molecule has 2 rings (SSSR count). The summed E-state index contributed by atoms with van der Waals surface area (Å²) in [6, 6.07) is 4.04. The Labute approximate surface area is 94.2 Å². The van der Waals surface area contributed by atoms with Crippen LogP contribution in [-0.2, 0) is 6.54 Å². The van der Waals surface area contributed by atoms with Gasteiger partial charge in [-0.3, -0.25) is 14.1 Å². The molecule has 2 aromatic rings. The Bertz CT molecular complexity index is 511. The first kappa shape index (κ1) is 10.7. The summed E-state index contributed by atoms with van der Waals surface area (Å²) in [5.74, 6) is 0. The molecule has 0 fully saturated rings. The van der Waals surface area contributed by atoms with Gasteiger partial charge in [-0.25, -0.2) is 4.79 Å². The zero-order valence-electron chi connectivity index (χ0n) is 9.50. The lowest BCUT2D eigenvalue weighted by Crippen LogP contribution is -2.25. The van der Waals surface area contributed by atoms with Crippen molar-refractivity contribution >= 4 is 0 Å². The van der Waals surface area contributed by atoms with E-state index in [9.17, 15) is 4.79 Å². The van der Waals surface area contributed by atoms with Gasteiger partial charge < -0.3 is 0 Å². The smallest absolute Gasteiger partial charge is 0.297 e. The third kappa shape index (κ3) is 2.05. The van der Waals surface area contributed by atoms with Crippen LogP contribution in [0.2, 0.25) is 0 Å². The second kappa shape index (κ2) is 4.35. The number of hydrogen-bond acceptors (Lipinski definition) is 2. The highest BCUT2D eigenvalue weighted by Gasteiger charge is 2.05. The number of nitrogens with zero attached hydrogens (tertiary/aromatic N) is 3. The third-order valence-electron chi connectivity index (χ3n) is 2.51. The monoisotopic (exact) mass is 217 g/mol. The Balaban J connectivity index is 2.27. The molecule has 0 aliphatic heterocycles. The average Bonchev–Trinajstić information content (AvgIpc) is 2.62. The van der Waals surface area contributed by atoms with Crippen molar-refractivity contribution in [3.63, 3.8) is 0 Å². The average molecular weight is 217 g/mol. The molecule has 0 saturated carbocycles. The van der Waals surface area contributed by atoms with Crippen molar-refractivity contribution in [1.82, 2.24) is 14.1 Å². The molecule has 0 aliphatic carbocycles. The van der Waals surface area contributed by atoms with Crippen molar-refractivity contribution in [3.8, 4) is 0 Å². The van der Waals surface area contributed by atoms with Crippen LogP contribution in [0.3, 0.4) is 0 Å². The van der Waals surface area contributed by atoms with Crippen LogP contribution in [0.5, 0.6) is 0 Å². The Hall–Kier alpha value is -1.84. The van der Waals surface area contributed by atoms with Gasteiger partial charge in [0, 0.05) is 30.8 Å². The quantitative estimate of drug-likeness (QED) is 0.784. The fourth-order valence-corrected chi connectivity index (χ4v) is 1.63. The van der Waals surface area contributed by atoms with E-state index in [1.165, 1.54) is 0 Å². The summed E-state index contributed by atoms with van der Waals surface area (Å²) in [7, 11) is 0. The fraction of sp³-hybridized carbons (Fsp3) is 0.333. The Kier molecular flexibility index (Phi) is 2.90. The molecule has 0 radical (unpaired) electrons. The lowest BCUT2D eigenvalue weighted by Gasteiger charge is -2.04. The molecule has 0 spiro atoms. The molecule has 2 heterocycles. The Morgan fingerprint density at radius 2 is 2.19 bits per heavy atom. The topological polar surface area (TPSA) is 39.8 Å². The summed E-state index contributed by atoms with van der Waals surface area (Å²) in [4.78, 5) is 16.0. The van der Waals surface area contributed by atoms with Gasteiger partial charge in [-0.05, 0) is 25.5 Å². The van der Waals surface area contributed by atoms with E-state index in [4.69, 9.17) is 0 Å². The van der Waals surface area contributed by atoms with Crippen LogP contribution in [0.1, 0.15) is 25.5 Å². The zero-order valence-corrected chi connectivity index (χ0v) is 9.50. The zero-order chi connectivity index (χ0) is 11.5. The maximum atomic E-state index is 11.9. The standard InChI is InChI=1S/C12H15N3O/c1-10(2)15-7-6-14(12(15)16)9-11-4-3-5-13-8-11/h3-8,10H,9H2,1-2H3. The number of aromatic nitrogens is 3. The van der Waals surface area contributed by atoms with E-state index in [1.54, 1.807) is 21.5 Å². The van der Waals surface area contributed by atoms with Gasteiger partial charge in [0.15, 0.2) is 0 Å². The molecular weight excluding hydrogens is 202 g/mol. The maximum absolute atomic E-state index is 11.9. The number of rotatable bonds is 3. The number of pyridine rings is 1. The van der Waals surface area contributed by atoms with Crippen LogP contribution in [0.25, 0.3) is 0 Å². The maximum Gasteiger partial charge on any atom is 0.328 e. The SMILES string of the molecule is CC(C)n1ccn(Cc2cccnc2)c1=O. The molecular formula is C12H15N3O. The molecule has 0 aliphatic rings. The molecule has 16 heavy (non-hydrogen) atoms. The molecule has 0 unspecified atom stereocenters. The molecule has 2 aromatic heterocycles.